The Bertz CT molecular complexity index is 652. The predicted octanol–water partition coefficient (Wildman–Crippen LogP) is 3.34. The highest BCUT2D eigenvalue weighted by molar-refractivity contribution is 6.35. The van der Waals surface area contributed by atoms with Gasteiger partial charge in [-0.15, -0.1) is 0 Å². The van der Waals surface area contributed by atoms with Crippen molar-refractivity contribution in [2.75, 3.05) is 13.1 Å². The molecule has 1 aliphatic rings. The monoisotopic (exact) mass is 305 g/mol. The van der Waals surface area contributed by atoms with E-state index >= 15 is 0 Å². The van der Waals surface area contributed by atoms with Gasteiger partial charge in [0.15, 0.2) is 0 Å². The van der Waals surface area contributed by atoms with Gasteiger partial charge in [-0.05, 0) is 30.9 Å². The molecule has 0 N–H and O–H groups in total. The molecule has 1 fully saturated rings. The van der Waals surface area contributed by atoms with Crippen LogP contribution in [0.5, 0.6) is 0 Å². The Hall–Kier alpha value is -1.55. The lowest BCUT2D eigenvalue weighted by molar-refractivity contribution is -0.133. The number of hydrogen-bond acceptors (Lipinski definition) is 2. The van der Waals surface area contributed by atoms with Crippen molar-refractivity contribution in [1.29, 1.82) is 0 Å². The van der Waals surface area contributed by atoms with Gasteiger partial charge in [-0.2, -0.15) is 5.10 Å². The van der Waals surface area contributed by atoms with Crippen LogP contribution in [-0.2, 0) is 11.3 Å². The molecule has 0 spiro atoms. The van der Waals surface area contributed by atoms with Crippen LogP contribution in [-0.4, -0.2) is 33.7 Å². The first-order valence-corrected chi connectivity index (χ1v) is 7.91. The molecule has 1 atom stereocenters. The van der Waals surface area contributed by atoms with E-state index in [2.05, 4.69) is 12.0 Å². The summed E-state index contributed by atoms with van der Waals surface area (Å²) in [6.07, 6.45) is 4.61. The third-order valence-corrected chi connectivity index (χ3v) is 4.51. The van der Waals surface area contributed by atoms with Gasteiger partial charge in [0, 0.05) is 24.9 Å². The molecule has 1 saturated heterocycles. The number of likely N-dealkylation sites (tertiary alicyclic amines) is 1. The van der Waals surface area contributed by atoms with Crippen molar-refractivity contribution in [2.24, 2.45) is 5.92 Å². The molecule has 2 heterocycles. The molecule has 0 aliphatic carbocycles. The number of carbonyl (C=O) groups excluding carboxylic acids is 1. The second-order valence-electron chi connectivity index (χ2n) is 5.88. The van der Waals surface area contributed by atoms with Crippen LogP contribution in [0.3, 0.4) is 0 Å². The van der Waals surface area contributed by atoms with Gasteiger partial charge in [0.1, 0.15) is 0 Å². The average molecular weight is 306 g/mol. The molecule has 1 aromatic carbocycles. The molecule has 2 aromatic rings. The van der Waals surface area contributed by atoms with E-state index in [9.17, 15) is 4.79 Å². The fourth-order valence-electron chi connectivity index (χ4n) is 3.02. The van der Waals surface area contributed by atoms with E-state index in [4.69, 9.17) is 11.6 Å². The highest BCUT2D eigenvalue weighted by Crippen LogP contribution is 2.23. The molecular formula is C16H20ClN3O. The summed E-state index contributed by atoms with van der Waals surface area (Å²) < 4.78 is 1.87. The minimum absolute atomic E-state index is 0.229. The molecule has 21 heavy (non-hydrogen) atoms. The first kappa shape index (κ1) is 14.4. The fraction of sp³-hybridized carbons (Fsp3) is 0.500. The maximum atomic E-state index is 12.3. The summed E-state index contributed by atoms with van der Waals surface area (Å²) >= 11 is 6.14. The Kier molecular flexibility index (Phi) is 4.15. The second kappa shape index (κ2) is 6.06. The van der Waals surface area contributed by atoms with Crippen molar-refractivity contribution >= 4 is 28.4 Å². The normalized spacial score (nSPS) is 19.1. The van der Waals surface area contributed by atoms with Gasteiger partial charge in [0.05, 0.1) is 23.3 Å². The zero-order valence-electron chi connectivity index (χ0n) is 12.3. The number of fused-ring (bicyclic) bond motifs is 1. The first-order valence-electron chi connectivity index (χ1n) is 7.53. The number of amides is 1. The van der Waals surface area contributed by atoms with Crippen molar-refractivity contribution in [1.82, 2.24) is 14.7 Å². The van der Waals surface area contributed by atoms with Crippen LogP contribution < -0.4 is 0 Å². The van der Waals surface area contributed by atoms with E-state index in [-0.39, 0.29) is 5.91 Å². The van der Waals surface area contributed by atoms with Crippen molar-refractivity contribution in [2.45, 2.75) is 32.7 Å². The van der Waals surface area contributed by atoms with Crippen LogP contribution in [0.4, 0.5) is 0 Å². The molecule has 1 unspecified atom stereocenters. The zero-order valence-corrected chi connectivity index (χ0v) is 13.0. The molecule has 1 aromatic heterocycles. The van der Waals surface area contributed by atoms with Gasteiger partial charge in [-0.25, -0.2) is 0 Å². The Morgan fingerprint density at radius 3 is 3.14 bits per heavy atom. The van der Waals surface area contributed by atoms with Crippen LogP contribution in [0, 0.1) is 5.92 Å². The van der Waals surface area contributed by atoms with Crippen LogP contribution in [0.2, 0.25) is 5.02 Å². The van der Waals surface area contributed by atoms with Crippen LogP contribution in [0.15, 0.2) is 24.4 Å². The highest BCUT2D eigenvalue weighted by Gasteiger charge is 2.20. The SMILES string of the molecule is CC1CCCN(C(=O)CCn2ncc3c(Cl)cccc32)C1. The number of carbonyl (C=O) groups is 1. The topological polar surface area (TPSA) is 38.1 Å². The van der Waals surface area contributed by atoms with Crippen LogP contribution in [0.1, 0.15) is 26.2 Å². The molecule has 1 aliphatic heterocycles. The van der Waals surface area contributed by atoms with Gasteiger partial charge < -0.3 is 4.90 Å². The minimum atomic E-state index is 0.229. The summed E-state index contributed by atoms with van der Waals surface area (Å²) in [6, 6.07) is 5.76. The number of aryl methyl sites for hydroxylation is 1. The third-order valence-electron chi connectivity index (χ3n) is 4.18. The minimum Gasteiger partial charge on any atom is -0.342 e. The van der Waals surface area contributed by atoms with Crippen LogP contribution >= 0.6 is 11.6 Å². The molecule has 0 radical (unpaired) electrons. The lowest BCUT2D eigenvalue weighted by atomic mass is 10.00. The van der Waals surface area contributed by atoms with Crippen molar-refractivity contribution in [3.63, 3.8) is 0 Å². The number of hydrogen-bond donors (Lipinski definition) is 0. The van der Waals surface area contributed by atoms with Gasteiger partial charge in [-0.1, -0.05) is 24.6 Å². The zero-order chi connectivity index (χ0) is 14.8. The highest BCUT2D eigenvalue weighted by atomic mass is 35.5. The Morgan fingerprint density at radius 2 is 2.33 bits per heavy atom. The Balaban J connectivity index is 1.66. The third kappa shape index (κ3) is 3.05. The number of benzene rings is 1. The van der Waals surface area contributed by atoms with E-state index in [0.29, 0.717) is 23.9 Å². The predicted molar refractivity (Wildman–Crippen MR) is 84.3 cm³/mol. The summed E-state index contributed by atoms with van der Waals surface area (Å²) in [7, 11) is 0. The second-order valence-corrected chi connectivity index (χ2v) is 6.28. The summed E-state index contributed by atoms with van der Waals surface area (Å²) in [4.78, 5) is 14.3. The summed E-state index contributed by atoms with van der Waals surface area (Å²) in [6.45, 7) is 4.61. The fourth-order valence-corrected chi connectivity index (χ4v) is 3.24. The van der Waals surface area contributed by atoms with Gasteiger partial charge in [0.25, 0.3) is 0 Å². The Morgan fingerprint density at radius 1 is 1.48 bits per heavy atom. The average Bonchev–Trinajstić information content (AvgIpc) is 2.89. The largest absolute Gasteiger partial charge is 0.342 e. The number of piperidine rings is 1. The number of aromatic nitrogens is 2. The quantitative estimate of drug-likeness (QED) is 0.872. The smallest absolute Gasteiger partial charge is 0.224 e. The molecule has 1 amide bonds. The van der Waals surface area contributed by atoms with Crippen molar-refractivity contribution in [3.8, 4) is 0 Å². The number of nitrogens with zero attached hydrogens (tertiary/aromatic N) is 3. The first-order chi connectivity index (χ1) is 10.1. The molecule has 5 heteroatoms. The molecular weight excluding hydrogens is 286 g/mol. The van der Waals surface area contributed by atoms with Crippen molar-refractivity contribution in [3.05, 3.63) is 29.4 Å². The van der Waals surface area contributed by atoms with Gasteiger partial charge in [0.2, 0.25) is 5.91 Å². The molecule has 4 nitrogen and oxygen atoms in total. The lowest BCUT2D eigenvalue weighted by Crippen LogP contribution is -2.39. The van der Waals surface area contributed by atoms with E-state index in [1.165, 1.54) is 6.42 Å². The molecule has 0 bridgehead atoms. The Labute approximate surface area is 129 Å². The number of rotatable bonds is 3. The summed E-state index contributed by atoms with van der Waals surface area (Å²) in [5.41, 5.74) is 0.988. The number of halogens is 1. The maximum absolute atomic E-state index is 12.3. The standard InChI is InChI=1S/C16H20ClN3O/c1-12-4-3-8-19(11-12)16(21)7-9-20-15-6-2-5-14(17)13(15)10-18-20/h2,5-6,10,12H,3-4,7-9,11H2,1H3. The van der Waals surface area contributed by atoms with E-state index < -0.39 is 0 Å². The van der Waals surface area contributed by atoms with Gasteiger partial charge >= 0.3 is 0 Å². The lowest BCUT2D eigenvalue weighted by Gasteiger charge is -2.31. The van der Waals surface area contributed by atoms with E-state index in [1.807, 2.05) is 27.8 Å². The molecule has 3 rings (SSSR count). The van der Waals surface area contributed by atoms with E-state index in [0.717, 1.165) is 30.4 Å². The summed E-state index contributed by atoms with van der Waals surface area (Å²) in [5.74, 6) is 0.847. The van der Waals surface area contributed by atoms with E-state index in [1.54, 1.807) is 6.20 Å². The molecule has 112 valence electrons. The van der Waals surface area contributed by atoms with Crippen molar-refractivity contribution < 1.29 is 4.79 Å². The maximum Gasteiger partial charge on any atom is 0.224 e. The summed E-state index contributed by atoms with van der Waals surface area (Å²) in [5, 5.41) is 6.00. The van der Waals surface area contributed by atoms with Crippen LogP contribution in [0.25, 0.3) is 10.9 Å². The van der Waals surface area contributed by atoms with Gasteiger partial charge in [-0.3, -0.25) is 9.48 Å². The molecule has 0 saturated carbocycles.